The number of rotatable bonds is 8. The first-order valence-electron chi connectivity index (χ1n) is 8.82. The fraction of sp³-hybridized carbons (Fsp3) is 0.200. The van der Waals surface area contributed by atoms with E-state index in [9.17, 15) is 16.8 Å². The summed E-state index contributed by atoms with van der Waals surface area (Å²) in [5, 5.41) is -0.873. The van der Waals surface area contributed by atoms with Gasteiger partial charge in [-0.2, -0.15) is 0 Å². The van der Waals surface area contributed by atoms with Gasteiger partial charge in [-0.25, -0.2) is 21.6 Å². The van der Waals surface area contributed by atoms with Gasteiger partial charge in [0.2, 0.25) is 10.0 Å². The number of furan rings is 1. The van der Waals surface area contributed by atoms with E-state index >= 15 is 0 Å². The molecule has 1 aromatic heterocycles. The summed E-state index contributed by atoms with van der Waals surface area (Å²) in [4.78, 5) is 0.00988. The molecule has 0 aliphatic carbocycles. The highest BCUT2D eigenvalue weighted by molar-refractivity contribution is 7.92. The lowest BCUT2D eigenvalue weighted by atomic mass is 10.2. The normalized spacial score (nSPS) is 13.2. The van der Waals surface area contributed by atoms with Gasteiger partial charge in [0, 0.05) is 11.6 Å². The highest BCUT2D eigenvalue weighted by Crippen LogP contribution is 2.30. The van der Waals surface area contributed by atoms with Crippen LogP contribution in [0.2, 0.25) is 5.02 Å². The zero-order valence-electron chi connectivity index (χ0n) is 16.2. The first-order chi connectivity index (χ1) is 14.1. The molecule has 1 unspecified atom stereocenters. The van der Waals surface area contributed by atoms with Crippen LogP contribution in [0.15, 0.2) is 75.1 Å². The van der Waals surface area contributed by atoms with Crippen LogP contribution in [0.5, 0.6) is 5.75 Å². The summed E-state index contributed by atoms with van der Waals surface area (Å²) in [5.41, 5.74) is 0.636. The van der Waals surface area contributed by atoms with Crippen LogP contribution in [-0.2, 0) is 19.9 Å². The molecule has 0 aliphatic heterocycles. The molecule has 0 fully saturated rings. The zero-order chi connectivity index (χ0) is 21.9. The molecule has 0 bridgehead atoms. The third kappa shape index (κ3) is 4.70. The van der Waals surface area contributed by atoms with Crippen LogP contribution >= 0.6 is 11.6 Å². The lowest BCUT2D eigenvalue weighted by molar-refractivity contribution is 0.411. The molecule has 30 heavy (non-hydrogen) atoms. The average Bonchev–Trinajstić information content (AvgIpc) is 3.22. The standard InChI is InChI=1S/C20H20ClNO6S2/c1-14-12-17(9-10-18(14)27-2)30(25,26)22-13-20(19-4-3-11-28-19)29(23,24)16-7-5-15(21)6-8-16/h3-12,20,22H,13H2,1-2H3. The van der Waals surface area contributed by atoms with E-state index in [0.29, 0.717) is 16.3 Å². The SMILES string of the molecule is COc1ccc(S(=O)(=O)NCC(c2ccco2)S(=O)(=O)c2ccc(Cl)cc2)cc1C. The highest BCUT2D eigenvalue weighted by Gasteiger charge is 2.33. The Morgan fingerprint density at radius 2 is 1.70 bits per heavy atom. The van der Waals surface area contributed by atoms with Crippen LogP contribution in [0.1, 0.15) is 16.6 Å². The molecule has 10 heteroatoms. The molecule has 3 rings (SSSR count). The van der Waals surface area contributed by atoms with Crippen LogP contribution < -0.4 is 9.46 Å². The quantitative estimate of drug-likeness (QED) is 0.539. The molecule has 3 aromatic rings. The van der Waals surface area contributed by atoms with E-state index in [-0.39, 0.29) is 15.6 Å². The number of sulfone groups is 1. The van der Waals surface area contributed by atoms with Gasteiger partial charge in [-0.1, -0.05) is 11.6 Å². The summed E-state index contributed by atoms with van der Waals surface area (Å²) in [6.07, 6.45) is 1.33. The van der Waals surface area contributed by atoms with Crippen molar-refractivity contribution in [2.75, 3.05) is 13.7 Å². The summed E-state index contributed by atoms with van der Waals surface area (Å²) in [6.45, 7) is 1.31. The maximum absolute atomic E-state index is 13.2. The number of hydrogen-bond acceptors (Lipinski definition) is 6. The van der Waals surface area contributed by atoms with E-state index in [1.165, 1.54) is 55.8 Å². The molecule has 160 valence electrons. The minimum absolute atomic E-state index is 0.00267. The Morgan fingerprint density at radius 1 is 1.03 bits per heavy atom. The molecule has 0 saturated carbocycles. The fourth-order valence-electron chi connectivity index (χ4n) is 2.91. The number of hydrogen-bond donors (Lipinski definition) is 1. The van der Waals surface area contributed by atoms with Crippen molar-refractivity contribution in [3.63, 3.8) is 0 Å². The Bertz CT molecular complexity index is 1220. The Balaban J connectivity index is 1.91. The number of methoxy groups -OCH3 is 1. The summed E-state index contributed by atoms with van der Waals surface area (Å²) in [6, 6.07) is 13.1. The molecule has 0 spiro atoms. The second-order valence-corrected chi connectivity index (χ2v) is 10.8. The summed E-state index contributed by atoms with van der Waals surface area (Å²) >= 11 is 5.85. The smallest absolute Gasteiger partial charge is 0.240 e. The van der Waals surface area contributed by atoms with Crippen LogP contribution in [0, 0.1) is 6.92 Å². The topological polar surface area (TPSA) is 103 Å². The maximum Gasteiger partial charge on any atom is 0.240 e. The molecule has 1 heterocycles. The highest BCUT2D eigenvalue weighted by atomic mass is 35.5. The Labute approximate surface area is 180 Å². The molecule has 0 amide bonds. The first kappa shape index (κ1) is 22.4. The summed E-state index contributed by atoms with van der Waals surface area (Å²) < 4.78 is 64.7. The molecule has 7 nitrogen and oxygen atoms in total. The average molecular weight is 470 g/mol. The molecule has 0 aliphatic rings. The Morgan fingerprint density at radius 3 is 2.27 bits per heavy atom. The van der Waals surface area contributed by atoms with Gasteiger partial charge in [0.1, 0.15) is 16.8 Å². The molecule has 0 saturated heterocycles. The van der Waals surface area contributed by atoms with Crippen LogP contribution in [0.25, 0.3) is 0 Å². The number of ether oxygens (including phenoxy) is 1. The number of nitrogens with one attached hydrogen (secondary N) is 1. The van der Waals surface area contributed by atoms with Gasteiger partial charge in [-0.3, -0.25) is 0 Å². The van der Waals surface area contributed by atoms with Crippen molar-refractivity contribution in [2.24, 2.45) is 0 Å². The predicted octanol–water partition coefficient (Wildman–Crippen LogP) is 3.74. The number of sulfonamides is 1. The van der Waals surface area contributed by atoms with Crippen LogP contribution in [0.4, 0.5) is 0 Å². The molecule has 1 N–H and O–H groups in total. The van der Waals surface area contributed by atoms with E-state index in [1.54, 1.807) is 19.1 Å². The van der Waals surface area contributed by atoms with Gasteiger partial charge in [-0.15, -0.1) is 0 Å². The van der Waals surface area contributed by atoms with E-state index in [4.69, 9.17) is 20.8 Å². The van der Waals surface area contributed by atoms with Gasteiger partial charge >= 0.3 is 0 Å². The largest absolute Gasteiger partial charge is 0.496 e. The van der Waals surface area contributed by atoms with E-state index in [2.05, 4.69) is 4.72 Å². The minimum Gasteiger partial charge on any atom is -0.496 e. The van der Waals surface area contributed by atoms with Crippen molar-refractivity contribution in [3.05, 3.63) is 77.2 Å². The Hall–Kier alpha value is -2.33. The van der Waals surface area contributed by atoms with Crippen molar-refractivity contribution < 1.29 is 26.0 Å². The summed E-state index contributed by atoms with van der Waals surface area (Å²) in [5.74, 6) is 0.672. The van der Waals surface area contributed by atoms with Crippen molar-refractivity contribution in [3.8, 4) is 5.75 Å². The van der Waals surface area contributed by atoms with Gasteiger partial charge in [0.25, 0.3) is 0 Å². The third-order valence-electron chi connectivity index (χ3n) is 4.51. The molecule has 0 radical (unpaired) electrons. The molecule has 1 atom stereocenters. The zero-order valence-corrected chi connectivity index (χ0v) is 18.6. The maximum atomic E-state index is 13.2. The van der Waals surface area contributed by atoms with Crippen molar-refractivity contribution >= 4 is 31.5 Å². The van der Waals surface area contributed by atoms with Crippen molar-refractivity contribution in [1.29, 1.82) is 0 Å². The van der Waals surface area contributed by atoms with Crippen LogP contribution in [-0.4, -0.2) is 30.5 Å². The molecular weight excluding hydrogens is 450 g/mol. The van der Waals surface area contributed by atoms with E-state index < -0.39 is 31.7 Å². The predicted molar refractivity (Wildman–Crippen MR) is 113 cm³/mol. The lowest BCUT2D eigenvalue weighted by Gasteiger charge is -2.17. The van der Waals surface area contributed by atoms with Gasteiger partial charge in [0.15, 0.2) is 9.84 Å². The van der Waals surface area contributed by atoms with Crippen molar-refractivity contribution in [1.82, 2.24) is 4.72 Å². The number of benzene rings is 2. The number of halogens is 1. The Kier molecular flexibility index (Phi) is 6.56. The summed E-state index contributed by atoms with van der Waals surface area (Å²) in [7, 11) is -6.45. The molecular formula is C20H20ClNO6S2. The van der Waals surface area contributed by atoms with Crippen LogP contribution in [0.3, 0.4) is 0 Å². The van der Waals surface area contributed by atoms with Crippen molar-refractivity contribution in [2.45, 2.75) is 22.0 Å². The first-order valence-corrected chi connectivity index (χ1v) is 12.2. The van der Waals surface area contributed by atoms with Gasteiger partial charge in [-0.05, 0) is 67.1 Å². The van der Waals surface area contributed by atoms with Gasteiger partial charge < -0.3 is 9.15 Å². The lowest BCUT2D eigenvalue weighted by Crippen LogP contribution is -2.32. The van der Waals surface area contributed by atoms with E-state index in [1.807, 2.05) is 0 Å². The second-order valence-electron chi connectivity index (χ2n) is 6.49. The number of aryl methyl sites for hydroxylation is 1. The van der Waals surface area contributed by atoms with Gasteiger partial charge in [0.05, 0.1) is 23.2 Å². The second kappa shape index (κ2) is 8.81. The fourth-order valence-corrected chi connectivity index (χ4v) is 5.86. The third-order valence-corrected chi connectivity index (χ3v) is 8.26. The molecule has 2 aromatic carbocycles. The van der Waals surface area contributed by atoms with E-state index in [0.717, 1.165) is 0 Å². The minimum atomic E-state index is -3.98. The monoisotopic (exact) mass is 469 g/mol.